The first-order valence-corrected chi connectivity index (χ1v) is 15.2. The molecule has 2 bridgehead atoms. The molecule has 2 N–H and O–H groups in total. The van der Waals surface area contributed by atoms with Crippen molar-refractivity contribution in [2.45, 2.75) is 81.8 Å². The first kappa shape index (κ1) is 34.2. The fourth-order valence-corrected chi connectivity index (χ4v) is 7.18. The fraction of sp³-hybridized carbons (Fsp3) is 0.621. The van der Waals surface area contributed by atoms with Crippen molar-refractivity contribution < 1.29 is 50.1 Å². The van der Waals surface area contributed by atoms with Gasteiger partial charge in [-0.25, -0.2) is 0 Å². The molecule has 2 aromatic rings. The molecular formula is C29H33F8N3O3S. The first-order chi connectivity index (χ1) is 20.3. The molecule has 244 valence electrons. The van der Waals surface area contributed by atoms with Crippen molar-refractivity contribution in [3.05, 3.63) is 40.5 Å². The molecule has 0 amide bonds. The SMILES string of the molecule is C[C@]12CN(CCCCCCSCCCC(F)(F)C(F)(F)F)C[C@](C)(O1)c1c2c(O)n(-c2ccc(C#N)c(C(F)(F)F)c2)c1O. The normalized spacial score (nSPS) is 22.3. The molecule has 1 aromatic heterocycles. The zero-order valence-corrected chi connectivity index (χ0v) is 24.9. The summed E-state index contributed by atoms with van der Waals surface area (Å²) in [5.41, 5.74) is -3.45. The highest BCUT2D eigenvalue weighted by atomic mass is 32.2. The molecule has 0 unspecified atom stereocenters. The van der Waals surface area contributed by atoms with E-state index in [0.29, 0.717) is 42.6 Å². The van der Waals surface area contributed by atoms with Crippen molar-refractivity contribution in [1.82, 2.24) is 9.47 Å². The van der Waals surface area contributed by atoms with Crippen LogP contribution in [-0.4, -0.2) is 62.9 Å². The van der Waals surface area contributed by atoms with Crippen LogP contribution in [0.1, 0.15) is 74.6 Å². The largest absolute Gasteiger partial charge is 0.494 e. The predicted octanol–water partition coefficient (Wildman–Crippen LogP) is 7.83. The van der Waals surface area contributed by atoms with Crippen LogP contribution in [-0.2, 0) is 22.1 Å². The number of fused-ring (bicyclic) bond motifs is 5. The van der Waals surface area contributed by atoms with Crippen LogP contribution in [0.25, 0.3) is 5.69 Å². The number of alkyl halides is 8. The Morgan fingerprint density at radius 3 is 2.00 bits per heavy atom. The van der Waals surface area contributed by atoms with Crippen LogP contribution in [0.5, 0.6) is 11.8 Å². The Hall–Kier alpha value is -2.70. The van der Waals surface area contributed by atoms with Crippen molar-refractivity contribution in [1.29, 1.82) is 5.26 Å². The van der Waals surface area contributed by atoms with Crippen molar-refractivity contribution >= 4 is 11.8 Å². The zero-order chi connectivity index (χ0) is 32.7. The standard InChI is InChI=1S/C29H33F8N3O3S/c1-25-16-39(11-5-3-4-6-12-44-13-7-10-27(30,31)29(35,36)37)17-26(2,43-25)22-21(25)23(41)40(24(22)42)19-9-8-18(15-38)20(14-19)28(32,33)34/h8-9,14,41-42H,3-7,10-13,16-17H2,1-2H3/t25-,26+. The second-order valence-corrected chi connectivity index (χ2v) is 12.9. The van der Waals surface area contributed by atoms with Crippen LogP contribution in [0.2, 0.25) is 0 Å². The van der Waals surface area contributed by atoms with Gasteiger partial charge in [0, 0.05) is 19.5 Å². The quantitative estimate of drug-likeness (QED) is 0.179. The van der Waals surface area contributed by atoms with E-state index in [1.807, 2.05) is 0 Å². The van der Waals surface area contributed by atoms with Crippen molar-refractivity contribution in [3.63, 3.8) is 0 Å². The van der Waals surface area contributed by atoms with E-state index < -0.39 is 58.8 Å². The van der Waals surface area contributed by atoms with E-state index in [-0.39, 0.29) is 17.9 Å². The summed E-state index contributed by atoms with van der Waals surface area (Å²) in [6, 6.07) is 4.44. The predicted molar refractivity (Wildman–Crippen MR) is 147 cm³/mol. The molecule has 0 radical (unpaired) electrons. The number of ether oxygens (including phenoxy) is 1. The third kappa shape index (κ3) is 6.62. The van der Waals surface area contributed by atoms with Gasteiger partial charge in [-0.3, -0.25) is 9.47 Å². The number of nitrogens with zero attached hydrogens (tertiary/aromatic N) is 3. The lowest BCUT2D eigenvalue weighted by atomic mass is 9.94. The summed E-state index contributed by atoms with van der Waals surface area (Å²) in [4.78, 5) is 2.13. The highest BCUT2D eigenvalue weighted by molar-refractivity contribution is 7.99. The fourth-order valence-electron chi connectivity index (χ4n) is 6.22. The molecule has 6 nitrogen and oxygen atoms in total. The van der Waals surface area contributed by atoms with Gasteiger partial charge in [0.05, 0.1) is 34.0 Å². The third-order valence-electron chi connectivity index (χ3n) is 8.07. The molecule has 2 aliphatic rings. The lowest BCUT2D eigenvalue weighted by Crippen LogP contribution is -2.51. The summed E-state index contributed by atoms with van der Waals surface area (Å²) in [5.74, 6) is -4.65. The lowest BCUT2D eigenvalue weighted by molar-refractivity contribution is -0.284. The van der Waals surface area contributed by atoms with E-state index >= 15 is 0 Å². The molecule has 1 aromatic carbocycles. The smallest absolute Gasteiger partial charge is 0.453 e. The molecule has 2 atom stereocenters. The van der Waals surface area contributed by atoms with Crippen LogP contribution in [0.3, 0.4) is 0 Å². The summed E-state index contributed by atoms with van der Waals surface area (Å²) < 4.78 is 111. The van der Waals surface area contributed by atoms with Gasteiger partial charge >= 0.3 is 18.3 Å². The topological polar surface area (TPSA) is 81.7 Å². The Balaban J connectivity index is 1.32. The number of rotatable bonds is 12. The Morgan fingerprint density at radius 2 is 1.45 bits per heavy atom. The van der Waals surface area contributed by atoms with Crippen LogP contribution in [0, 0.1) is 11.3 Å². The molecule has 1 saturated heterocycles. The van der Waals surface area contributed by atoms with Gasteiger partial charge in [0.1, 0.15) is 11.2 Å². The maximum atomic E-state index is 13.6. The van der Waals surface area contributed by atoms with E-state index in [2.05, 4.69) is 4.90 Å². The highest BCUT2D eigenvalue weighted by Crippen LogP contribution is 2.59. The molecule has 2 aliphatic heterocycles. The maximum Gasteiger partial charge on any atom is 0.453 e. The Kier molecular flexibility index (Phi) is 9.51. The molecule has 44 heavy (non-hydrogen) atoms. The molecule has 0 spiro atoms. The monoisotopic (exact) mass is 655 g/mol. The number of halogens is 8. The van der Waals surface area contributed by atoms with Crippen LogP contribution < -0.4 is 0 Å². The van der Waals surface area contributed by atoms with Crippen molar-refractivity contribution in [2.75, 3.05) is 31.1 Å². The minimum Gasteiger partial charge on any atom is -0.494 e. The summed E-state index contributed by atoms with van der Waals surface area (Å²) in [5, 5.41) is 31.5. The van der Waals surface area contributed by atoms with Gasteiger partial charge < -0.3 is 14.9 Å². The molecule has 1 fully saturated rings. The average molecular weight is 656 g/mol. The molecule has 0 aliphatic carbocycles. The molecule has 4 rings (SSSR count). The first-order valence-electron chi connectivity index (χ1n) is 14.1. The van der Waals surface area contributed by atoms with E-state index in [0.717, 1.165) is 36.3 Å². The van der Waals surface area contributed by atoms with Gasteiger partial charge in [0.2, 0.25) is 11.8 Å². The van der Waals surface area contributed by atoms with Gasteiger partial charge in [0.25, 0.3) is 0 Å². The minimum absolute atomic E-state index is 0.153. The van der Waals surface area contributed by atoms with Crippen LogP contribution in [0.15, 0.2) is 18.2 Å². The van der Waals surface area contributed by atoms with Crippen molar-refractivity contribution in [3.8, 4) is 23.5 Å². The van der Waals surface area contributed by atoms with Gasteiger partial charge in [0.15, 0.2) is 0 Å². The minimum atomic E-state index is -5.52. The maximum absolute atomic E-state index is 13.6. The van der Waals surface area contributed by atoms with Gasteiger partial charge in [-0.1, -0.05) is 12.8 Å². The molecule has 0 saturated carbocycles. The van der Waals surface area contributed by atoms with Crippen LogP contribution >= 0.6 is 11.8 Å². The lowest BCUT2D eigenvalue weighted by Gasteiger charge is -2.44. The molecular weight excluding hydrogens is 622 g/mol. The summed E-state index contributed by atoms with van der Waals surface area (Å²) in [6.07, 6.45) is -8.46. The van der Waals surface area contributed by atoms with Crippen molar-refractivity contribution in [2.24, 2.45) is 0 Å². The zero-order valence-electron chi connectivity index (χ0n) is 24.1. The van der Waals surface area contributed by atoms with Gasteiger partial charge in [-0.05, 0) is 69.4 Å². The number of aromatic nitrogens is 1. The Bertz CT molecular complexity index is 1360. The van der Waals surface area contributed by atoms with Gasteiger partial charge in [-0.15, -0.1) is 0 Å². The Morgan fingerprint density at radius 1 is 0.886 bits per heavy atom. The molecule has 15 heteroatoms. The van der Waals surface area contributed by atoms with E-state index in [4.69, 9.17) is 10.00 Å². The number of hydrogen-bond acceptors (Lipinski definition) is 6. The number of morpholine rings is 1. The third-order valence-corrected chi connectivity index (χ3v) is 9.23. The summed E-state index contributed by atoms with van der Waals surface area (Å²) in [6.45, 7) is 4.87. The second-order valence-electron chi connectivity index (χ2n) is 11.7. The summed E-state index contributed by atoms with van der Waals surface area (Å²) in [7, 11) is 0. The number of thioether (sulfide) groups is 1. The number of hydrogen-bond donors (Lipinski definition) is 2. The number of aromatic hydroxyl groups is 2. The highest BCUT2D eigenvalue weighted by Gasteiger charge is 2.59. The van der Waals surface area contributed by atoms with E-state index in [1.165, 1.54) is 23.9 Å². The summed E-state index contributed by atoms with van der Waals surface area (Å²) >= 11 is 1.35. The number of benzene rings is 1. The van der Waals surface area contributed by atoms with Crippen LogP contribution in [0.4, 0.5) is 35.1 Å². The Labute approximate surface area is 253 Å². The van der Waals surface area contributed by atoms with Gasteiger partial charge in [-0.2, -0.15) is 52.1 Å². The second kappa shape index (κ2) is 12.2. The number of unbranched alkanes of at least 4 members (excludes halogenated alkanes) is 3. The average Bonchev–Trinajstić information content (AvgIpc) is 3.28. The molecule has 3 heterocycles. The van der Waals surface area contributed by atoms with E-state index in [1.54, 1.807) is 13.8 Å². The van der Waals surface area contributed by atoms with E-state index in [9.17, 15) is 45.3 Å². The number of nitriles is 1.